The van der Waals surface area contributed by atoms with Gasteiger partial charge in [-0.15, -0.1) is 0 Å². The number of pyridine rings is 1. The zero-order valence-electron chi connectivity index (χ0n) is 16.9. The van der Waals surface area contributed by atoms with Crippen LogP contribution in [0.4, 0.5) is 0 Å². The summed E-state index contributed by atoms with van der Waals surface area (Å²) in [7, 11) is 0. The first-order valence-electron chi connectivity index (χ1n) is 10.7. The van der Waals surface area contributed by atoms with Gasteiger partial charge in [-0.05, 0) is 39.9 Å². The maximum atomic E-state index is 2.46. The molecule has 0 fully saturated rings. The molecule has 0 aliphatic rings. The van der Waals surface area contributed by atoms with Gasteiger partial charge in [-0.25, -0.2) is 0 Å². The molecule has 0 aliphatic heterocycles. The molecular formula is C30H19N. The minimum absolute atomic E-state index is 1.25. The second-order valence-electron chi connectivity index (χ2n) is 8.20. The van der Waals surface area contributed by atoms with Crippen molar-refractivity contribution in [2.45, 2.75) is 0 Å². The Balaban J connectivity index is 1.78. The van der Waals surface area contributed by atoms with E-state index in [0.29, 0.717) is 0 Å². The Bertz CT molecular complexity index is 1790. The van der Waals surface area contributed by atoms with E-state index in [1.54, 1.807) is 0 Å². The summed E-state index contributed by atoms with van der Waals surface area (Å²) >= 11 is 0. The number of aromatic nitrogens is 1. The summed E-state index contributed by atoms with van der Waals surface area (Å²) in [5, 5.41) is 7.72. The third kappa shape index (κ3) is 2.26. The van der Waals surface area contributed by atoms with Gasteiger partial charge >= 0.3 is 0 Å². The molecule has 7 aromatic rings. The zero-order valence-corrected chi connectivity index (χ0v) is 16.9. The van der Waals surface area contributed by atoms with E-state index in [9.17, 15) is 0 Å². The van der Waals surface area contributed by atoms with Crippen LogP contribution < -0.4 is 0 Å². The molecule has 5 aromatic carbocycles. The van der Waals surface area contributed by atoms with Gasteiger partial charge in [0.15, 0.2) is 0 Å². The van der Waals surface area contributed by atoms with Crippen molar-refractivity contribution in [2.24, 2.45) is 0 Å². The van der Waals surface area contributed by atoms with E-state index >= 15 is 0 Å². The summed E-state index contributed by atoms with van der Waals surface area (Å²) in [4.78, 5) is 0. The van der Waals surface area contributed by atoms with Gasteiger partial charge in [-0.1, -0.05) is 97.1 Å². The molecular weight excluding hydrogens is 374 g/mol. The molecule has 144 valence electrons. The summed E-state index contributed by atoms with van der Waals surface area (Å²) in [5.74, 6) is 0. The van der Waals surface area contributed by atoms with Gasteiger partial charge in [0.1, 0.15) is 0 Å². The summed E-state index contributed by atoms with van der Waals surface area (Å²) < 4.78 is 2.46. The normalized spacial score (nSPS) is 11.9. The SMILES string of the molecule is c1ccc2cc(-c3c4ccccc4n4c5ccccc5c5ccccc5c34)ccc2c1. The third-order valence-electron chi connectivity index (χ3n) is 6.53. The van der Waals surface area contributed by atoms with E-state index in [0.717, 1.165) is 0 Å². The minimum Gasteiger partial charge on any atom is -0.308 e. The molecule has 2 heterocycles. The molecule has 7 rings (SSSR count). The Morgan fingerprint density at radius 3 is 1.81 bits per heavy atom. The third-order valence-corrected chi connectivity index (χ3v) is 6.53. The maximum absolute atomic E-state index is 2.46. The van der Waals surface area contributed by atoms with Crippen LogP contribution in [0, 0.1) is 0 Å². The van der Waals surface area contributed by atoms with Gasteiger partial charge in [0, 0.05) is 21.7 Å². The zero-order chi connectivity index (χ0) is 20.4. The first-order valence-corrected chi connectivity index (χ1v) is 10.7. The lowest BCUT2D eigenvalue weighted by molar-refractivity contribution is 1.35. The Morgan fingerprint density at radius 1 is 0.419 bits per heavy atom. The molecule has 0 bridgehead atoms. The van der Waals surface area contributed by atoms with Crippen LogP contribution in [-0.4, -0.2) is 4.40 Å². The quantitative estimate of drug-likeness (QED) is 0.247. The molecule has 0 aliphatic carbocycles. The number of fused-ring (bicyclic) bond motifs is 9. The molecule has 1 nitrogen and oxygen atoms in total. The van der Waals surface area contributed by atoms with Crippen molar-refractivity contribution in [3.8, 4) is 11.1 Å². The molecule has 0 saturated carbocycles. The van der Waals surface area contributed by atoms with E-state index in [4.69, 9.17) is 0 Å². The van der Waals surface area contributed by atoms with Crippen LogP contribution in [0.5, 0.6) is 0 Å². The molecule has 1 heteroatoms. The molecule has 0 atom stereocenters. The number of benzene rings is 5. The number of para-hydroxylation sites is 2. The van der Waals surface area contributed by atoms with E-state index < -0.39 is 0 Å². The van der Waals surface area contributed by atoms with Crippen LogP contribution in [-0.2, 0) is 0 Å². The second kappa shape index (κ2) is 6.20. The molecule has 0 spiro atoms. The van der Waals surface area contributed by atoms with Gasteiger partial charge in [0.2, 0.25) is 0 Å². The molecule has 0 radical (unpaired) electrons. The van der Waals surface area contributed by atoms with Crippen molar-refractivity contribution < 1.29 is 0 Å². The van der Waals surface area contributed by atoms with Crippen LogP contribution in [0.1, 0.15) is 0 Å². The van der Waals surface area contributed by atoms with E-state index in [1.807, 2.05) is 0 Å². The summed E-state index contributed by atoms with van der Waals surface area (Å²) in [6.07, 6.45) is 0. The number of rotatable bonds is 1. The Morgan fingerprint density at radius 2 is 1.00 bits per heavy atom. The average molecular weight is 393 g/mol. The fraction of sp³-hybridized carbons (Fsp3) is 0. The lowest BCUT2D eigenvalue weighted by atomic mass is 9.97. The van der Waals surface area contributed by atoms with Crippen molar-refractivity contribution in [1.82, 2.24) is 4.40 Å². The van der Waals surface area contributed by atoms with E-state index in [-0.39, 0.29) is 0 Å². The second-order valence-corrected chi connectivity index (χ2v) is 8.20. The van der Waals surface area contributed by atoms with E-state index in [1.165, 1.54) is 60.0 Å². The number of hydrogen-bond acceptors (Lipinski definition) is 0. The highest BCUT2D eigenvalue weighted by Crippen LogP contribution is 2.42. The van der Waals surface area contributed by atoms with Crippen molar-refractivity contribution in [1.29, 1.82) is 0 Å². The molecule has 0 saturated heterocycles. The van der Waals surface area contributed by atoms with Crippen LogP contribution in [0.15, 0.2) is 115 Å². The van der Waals surface area contributed by atoms with Gasteiger partial charge in [0.05, 0.1) is 16.6 Å². The van der Waals surface area contributed by atoms with Crippen molar-refractivity contribution >= 4 is 48.9 Å². The number of nitrogens with zero attached hydrogens (tertiary/aromatic N) is 1. The highest BCUT2D eigenvalue weighted by atomic mass is 14.9. The lowest BCUT2D eigenvalue weighted by Gasteiger charge is -2.11. The fourth-order valence-electron chi connectivity index (χ4n) is 5.20. The molecule has 0 amide bonds. The largest absolute Gasteiger partial charge is 0.308 e. The molecule has 2 aromatic heterocycles. The Labute approximate surface area is 179 Å². The van der Waals surface area contributed by atoms with Crippen LogP contribution in [0.2, 0.25) is 0 Å². The van der Waals surface area contributed by atoms with Crippen LogP contribution in [0.3, 0.4) is 0 Å². The van der Waals surface area contributed by atoms with Crippen molar-refractivity contribution in [2.75, 3.05) is 0 Å². The highest BCUT2D eigenvalue weighted by molar-refractivity contribution is 6.22. The van der Waals surface area contributed by atoms with E-state index in [2.05, 4.69) is 120 Å². The summed E-state index contributed by atoms with van der Waals surface area (Å²) in [5.41, 5.74) is 6.36. The van der Waals surface area contributed by atoms with Crippen LogP contribution >= 0.6 is 0 Å². The van der Waals surface area contributed by atoms with Gasteiger partial charge in [-0.2, -0.15) is 0 Å². The first kappa shape index (κ1) is 16.7. The van der Waals surface area contributed by atoms with Crippen molar-refractivity contribution in [3.05, 3.63) is 115 Å². The summed E-state index contributed by atoms with van der Waals surface area (Å²) in [6.45, 7) is 0. The Hall–Kier alpha value is -4.10. The van der Waals surface area contributed by atoms with Gasteiger partial charge in [0.25, 0.3) is 0 Å². The molecule has 31 heavy (non-hydrogen) atoms. The standard InChI is InChI=1S/C30H19N/c1-2-10-21-19-22(18-17-20(21)9-1)29-26-14-6-8-16-28(26)31-27-15-7-5-12-24(27)23-11-3-4-13-25(23)30(29)31/h1-19H. The number of hydrogen-bond donors (Lipinski definition) is 0. The van der Waals surface area contributed by atoms with Crippen molar-refractivity contribution in [3.63, 3.8) is 0 Å². The average Bonchev–Trinajstić information content (AvgIpc) is 3.20. The molecule has 0 unspecified atom stereocenters. The van der Waals surface area contributed by atoms with Gasteiger partial charge in [-0.3, -0.25) is 0 Å². The smallest absolute Gasteiger partial charge is 0.0625 e. The summed E-state index contributed by atoms with van der Waals surface area (Å²) in [6, 6.07) is 41.8. The highest BCUT2D eigenvalue weighted by Gasteiger charge is 2.18. The predicted octanol–water partition coefficient (Wildman–Crippen LogP) is 8.22. The first-order chi connectivity index (χ1) is 15.4. The Kier molecular flexibility index (Phi) is 3.33. The molecule has 0 N–H and O–H groups in total. The maximum Gasteiger partial charge on any atom is 0.0625 e. The minimum atomic E-state index is 1.25. The van der Waals surface area contributed by atoms with Gasteiger partial charge < -0.3 is 4.40 Å². The monoisotopic (exact) mass is 393 g/mol. The van der Waals surface area contributed by atoms with Crippen LogP contribution in [0.25, 0.3) is 60.0 Å². The fourth-order valence-corrected chi connectivity index (χ4v) is 5.20. The predicted molar refractivity (Wildman–Crippen MR) is 133 cm³/mol. The lowest BCUT2D eigenvalue weighted by Crippen LogP contribution is -1.91. The topological polar surface area (TPSA) is 4.41 Å².